The van der Waals surface area contributed by atoms with Crippen LogP contribution in [0.25, 0.3) is 21.8 Å². The number of hydrogen-bond donors (Lipinski definition) is 5. The van der Waals surface area contributed by atoms with Gasteiger partial charge in [-0.2, -0.15) is 10.1 Å². The number of piperidine rings is 1. The van der Waals surface area contributed by atoms with Gasteiger partial charge < -0.3 is 30.6 Å². The molecule has 16 heteroatoms. The van der Waals surface area contributed by atoms with Crippen LogP contribution in [0.1, 0.15) is 50.1 Å². The van der Waals surface area contributed by atoms with Crippen LogP contribution in [0.2, 0.25) is 5.02 Å². The van der Waals surface area contributed by atoms with Crippen molar-refractivity contribution in [3.63, 3.8) is 0 Å². The summed E-state index contributed by atoms with van der Waals surface area (Å²) in [5.41, 5.74) is 3.72. The second-order valence-corrected chi connectivity index (χ2v) is 14.0. The maximum absolute atomic E-state index is 12.7. The SMILES string of the molecule is CNC(=O)COc1cc2cc(Nc3nc(NC[C@H]4CC[C@H](Nc5ccc6c(C7CCC(=O)NC7=O)nn(C)c6c5)CC4)ncc3Cl)ccc2n(C)c1=O. The molecule has 0 spiro atoms. The molecular weight excluding hydrogens is 700 g/mol. The van der Waals surface area contributed by atoms with Crippen molar-refractivity contribution in [1.29, 1.82) is 0 Å². The standard InChI is InChI=1S/C37H41ClN10O5/c1-39-32(50)19-53-30-15-21-14-23(9-12-28(21)47(2)36(30)52)43-34-27(38)18-41-37(45-34)40-17-20-4-6-22(7-5-20)42-24-8-10-25-29(16-24)48(3)46-33(25)26-11-13-31(49)44-35(26)51/h8-10,12,14-16,18,20,22,26,42H,4-7,11,13,17,19H2,1-3H3,(H,39,50)(H,44,49,51)(H2,40,41,43,45)/t20-,22-,26?. The lowest BCUT2D eigenvalue weighted by atomic mass is 9.86. The van der Waals surface area contributed by atoms with E-state index in [1.807, 2.05) is 37.4 Å². The van der Waals surface area contributed by atoms with Crippen molar-refractivity contribution in [2.24, 2.45) is 20.0 Å². The van der Waals surface area contributed by atoms with Gasteiger partial charge in [0.2, 0.25) is 17.8 Å². The van der Waals surface area contributed by atoms with E-state index in [-0.39, 0.29) is 35.6 Å². The highest BCUT2D eigenvalue weighted by atomic mass is 35.5. The van der Waals surface area contributed by atoms with Crippen LogP contribution in [0.5, 0.6) is 5.75 Å². The molecule has 1 atom stereocenters. The van der Waals surface area contributed by atoms with Gasteiger partial charge in [-0.3, -0.25) is 29.2 Å². The topological polar surface area (TPSA) is 186 Å². The van der Waals surface area contributed by atoms with Crippen LogP contribution in [-0.2, 0) is 28.5 Å². The van der Waals surface area contributed by atoms with Crippen molar-refractivity contribution in [2.45, 2.75) is 50.5 Å². The number of ether oxygens (including phenoxy) is 1. The molecule has 15 nitrogen and oxygen atoms in total. The molecule has 276 valence electrons. The number of amides is 3. The van der Waals surface area contributed by atoms with Gasteiger partial charge in [0, 0.05) is 62.3 Å². The largest absolute Gasteiger partial charge is 0.478 e. The summed E-state index contributed by atoms with van der Waals surface area (Å²) in [6.45, 7) is 0.460. The number of carbonyl (C=O) groups excluding carboxylic acids is 3. The summed E-state index contributed by atoms with van der Waals surface area (Å²) in [7, 11) is 5.03. The molecule has 5 N–H and O–H groups in total. The van der Waals surface area contributed by atoms with E-state index < -0.39 is 5.92 Å². The van der Waals surface area contributed by atoms with Crippen LogP contribution in [0, 0.1) is 5.92 Å². The number of rotatable bonds is 11. The molecule has 1 saturated heterocycles. The maximum Gasteiger partial charge on any atom is 0.293 e. The third kappa shape index (κ3) is 7.75. The summed E-state index contributed by atoms with van der Waals surface area (Å²) in [5, 5.41) is 21.9. The lowest BCUT2D eigenvalue weighted by Gasteiger charge is -2.30. The Kier molecular flexibility index (Phi) is 10.2. The lowest BCUT2D eigenvalue weighted by Crippen LogP contribution is -2.39. The highest BCUT2D eigenvalue weighted by Crippen LogP contribution is 2.33. The van der Waals surface area contributed by atoms with E-state index >= 15 is 0 Å². The quantitative estimate of drug-likeness (QED) is 0.121. The normalized spacial score (nSPS) is 18.8. The number of likely N-dealkylation sites (N-methyl/N-ethyl adjacent to an activating group) is 1. The monoisotopic (exact) mass is 740 g/mol. The molecule has 4 heterocycles. The second kappa shape index (κ2) is 15.1. The molecule has 3 amide bonds. The van der Waals surface area contributed by atoms with E-state index in [9.17, 15) is 19.2 Å². The maximum atomic E-state index is 12.7. The fourth-order valence-electron chi connectivity index (χ4n) is 7.10. The predicted octanol–water partition coefficient (Wildman–Crippen LogP) is 4.34. The van der Waals surface area contributed by atoms with Crippen molar-refractivity contribution in [3.05, 3.63) is 69.7 Å². The Balaban J connectivity index is 0.939. The first kappa shape index (κ1) is 35.7. The van der Waals surface area contributed by atoms with E-state index in [1.54, 1.807) is 24.0 Å². The summed E-state index contributed by atoms with van der Waals surface area (Å²) in [6.07, 6.45) is 6.43. The van der Waals surface area contributed by atoms with E-state index in [0.717, 1.165) is 54.2 Å². The molecular formula is C37H41ClN10O5. The number of carbonyl (C=O) groups is 3. The van der Waals surface area contributed by atoms with Gasteiger partial charge in [-0.1, -0.05) is 11.6 Å². The molecule has 7 rings (SSSR count). The molecule has 2 fully saturated rings. The Bertz CT molecular complexity index is 2280. The van der Waals surface area contributed by atoms with Gasteiger partial charge in [-0.15, -0.1) is 0 Å². The van der Waals surface area contributed by atoms with Crippen molar-refractivity contribution in [1.82, 2.24) is 34.9 Å². The van der Waals surface area contributed by atoms with E-state index in [2.05, 4.69) is 47.7 Å². The Morgan fingerprint density at radius 3 is 2.57 bits per heavy atom. The summed E-state index contributed by atoms with van der Waals surface area (Å²) in [5.74, 6) is 0.143. The average molecular weight is 741 g/mol. The summed E-state index contributed by atoms with van der Waals surface area (Å²) >= 11 is 6.48. The van der Waals surface area contributed by atoms with Crippen LogP contribution in [0.15, 0.2) is 53.5 Å². The van der Waals surface area contributed by atoms with Crippen molar-refractivity contribution in [2.75, 3.05) is 36.1 Å². The third-order valence-corrected chi connectivity index (χ3v) is 10.3. The number of aryl methyl sites for hydroxylation is 2. The highest BCUT2D eigenvalue weighted by molar-refractivity contribution is 6.33. The fraction of sp³-hybridized carbons (Fsp3) is 0.378. The zero-order valence-electron chi connectivity index (χ0n) is 29.7. The molecule has 0 bridgehead atoms. The molecule has 0 radical (unpaired) electrons. The van der Waals surface area contributed by atoms with Crippen LogP contribution >= 0.6 is 11.6 Å². The molecule has 53 heavy (non-hydrogen) atoms. The summed E-state index contributed by atoms with van der Waals surface area (Å²) < 4.78 is 8.76. The molecule has 2 aliphatic rings. The first-order chi connectivity index (χ1) is 25.6. The van der Waals surface area contributed by atoms with Crippen LogP contribution in [-0.4, -0.2) is 68.3 Å². The predicted molar refractivity (Wildman–Crippen MR) is 203 cm³/mol. The minimum absolute atomic E-state index is 0.0745. The van der Waals surface area contributed by atoms with Gasteiger partial charge in [0.1, 0.15) is 5.02 Å². The van der Waals surface area contributed by atoms with Crippen molar-refractivity contribution < 1.29 is 19.1 Å². The summed E-state index contributed by atoms with van der Waals surface area (Å²) in [4.78, 5) is 57.6. The minimum Gasteiger partial charge on any atom is -0.478 e. The molecule has 2 aromatic carbocycles. The second-order valence-electron chi connectivity index (χ2n) is 13.6. The van der Waals surface area contributed by atoms with Crippen LogP contribution in [0.4, 0.5) is 23.1 Å². The van der Waals surface area contributed by atoms with Crippen molar-refractivity contribution >= 4 is 74.3 Å². The van der Waals surface area contributed by atoms with Crippen LogP contribution < -0.4 is 36.9 Å². The fourth-order valence-corrected chi connectivity index (χ4v) is 7.23. The molecule has 1 aliphatic carbocycles. The Morgan fingerprint density at radius 2 is 1.79 bits per heavy atom. The molecule has 1 aliphatic heterocycles. The first-order valence-corrected chi connectivity index (χ1v) is 18.0. The number of pyridine rings is 1. The van der Waals surface area contributed by atoms with Gasteiger partial charge in [-0.25, -0.2) is 4.98 Å². The van der Waals surface area contributed by atoms with Gasteiger partial charge in [-0.05, 0) is 80.5 Å². The molecule has 1 saturated carbocycles. The summed E-state index contributed by atoms with van der Waals surface area (Å²) in [6, 6.07) is 13.6. The number of aromatic nitrogens is 5. The smallest absolute Gasteiger partial charge is 0.293 e. The highest BCUT2D eigenvalue weighted by Gasteiger charge is 2.32. The Morgan fingerprint density at radius 1 is 1.00 bits per heavy atom. The zero-order chi connectivity index (χ0) is 37.2. The van der Waals surface area contributed by atoms with Crippen molar-refractivity contribution in [3.8, 4) is 5.75 Å². The number of anilines is 4. The Hall–Kier alpha value is -5.70. The number of fused-ring (bicyclic) bond motifs is 2. The average Bonchev–Trinajstić information content (AvgIpc) is 3.47. The van der Waals surface area contributed by atoms with E-state index in [4.69, 9.17) is 16.3 Å². The number of hydrogen-bond acceptors (Lipinski definition) is 11. The first-order valence-electron chi connectivity index (χ1n) is 17.6. The lowest BCUT2D eigenvalue weighted by molar-refractivity contribution is -0.134. The number of imide groups is 1. The van der Waals surface area contributed by atoms with E-state index in [0.29, 0.717) is 58.5 Å². The zero-order valence-corrected chi connectivity index (χ0v) is 30.4. The minimum atomic E-state index is -0.429. The molecule has 5 aromatic rings. The number of halogens is 1. The Labute approximate surface area is 309 Å². The third-order valence-electron chi connectivity index (χ3n) is 10.1. The number of nitrogens with zero attached hydrogens (tertiary/aromatic N) is 5. The van der Waals surface area contributed by atoms with E-state index in [1.165, 1.54) is 11.6 Å². The number of benzene rings is 2. The number of nitrogens with one attached hydrogen (secondary N) is 5. The van der Waals surface area contributed by atoms with Gasteiger partial charge >= 0.3 is 0 Å². The molecule has 1 unspecified atom stereocenters. The van der Waals surface area contributed by atoms with Gasteiger partial charge in [0.15, 0.2) is 18.2 Å². The van der Waals surface area contributed by atoms with Gasteiger partial charge in [0.25, 0.3) is 11.5 Å². The van der Waals surface area contributed by atoms with Gasteiger partial charge in [0.05, 0.1) is 28.8 Å². The molecule has 3 aromatic heterocycles. The van der Waals surface area contributed by atoms with Crippen LogP contribution in [0.3, 0.4) is 0 Å².